The van der Waals surface area contributed by atoms with Crippen LogP contribution < -0.4 is 4.74 Å². The minimum Gasteiger partial charge on any atom is -0.466 e. The second-order valence-corrected chi connectivity index (χ2v) is 2.78. The Kier molecular flexibility index (Phi) is 3.39. The molecule has 0 aromatic carbocycles. The molecule has 0 spiro atoms. The van der Waals surface area contributed by atoms with Crippen LogP contribution in [0.2, 0.25) is 0 Å². The van der Waals surface area contributed by atoms with Crippen LogP contribution in [-0.2, 0) is 9.53 Å². The van der Waals surface area contributed by atoms with Gasteiger partial charge in [0, 0.05) is 11.8 Å². The molecule has 5 heteroatoms. The Morgan fingerprint density at radius 2 is 2.21 bits per heavy atom. The smallest absolute Gasteiger partial charge is 0.346 e. The van der Waals surface area contributed by atoms with Gasteiger partial charge in [-0.05, 0) is 13.8 Å². The number of hydrogen-bond donors (Lipinski definition) is 0. The number of carbonyl (C=O) groups excluding carboxylic acids is 1. The van der Waals surface area contributed by atoms with E-state index in [1.54, 1.807) is 13.0 Å². The minimum atomic E-state index is -0.658. The fourth-order valence-electron chi connectivity index (χ4n) is 0.890. The van der Waals surface area contributed by atoms with Gasteiger partial charge in [0.15, 0.2) is 6.10 Å². The summed E-state index contributed by atoms with van der Waals surface area (Å²) in [5, 5.41) is 0. The van der Waals surface area contributed by atoms with Gasteiger partial charge in [0.1, 0.15) is 6.33 Å². The third-order valence-electron chi connectivity index (χ3n) is 1.61. The van der Waals surface area contributed by atoms with E-state index in [4.69, 9.17) is 4.74 Å². The van der Waals surface area contributed by atoms with Crippen LogP contribution in [0.15, 0.2) is 12.4 Å². The number of rotatable bonds is 3. The molecule has 0 aliphatic rings. The lowest BCUT2D eigenvalue weighted by atomic mass is 10.4. The number of aromatic nitrogens is 2. The Bertz CT molecular complexity index is 328. The number of carbonyl (C=O) groups is 1. The number of hydrogen-bond acceptors (Lipinski definition) is 5. The van der Waals surface area contributed by atoms with E-state index >= 15 is 0 Å². The SMILES string of the molecule is COC(=O)C(C)Oc1cc(C)ncn1. The molecule has 1 aromatic rings. The van der Waals surface area contributed by atoms with Gasteiger partial charge < -0.3 is 9.47 Å². The lowest BCUT2D eigenvalue weighted by Crippen LogP contribution is -2.25. The topological polar surface area (TPSA) is 61.3 Å². The highest BCUT2D eigenvalue weighted by atomic mass is 16.6. The van der Waals surface area contributed by atoms with Crippen LogP contribution in [0.25, 0.3) is 0 Å². The Hall–Kier alpha value is -1.65. The van der Waals surface area contributed by atoms with Gasteiger partial charge in [-0.3, -0.25) is 0 Å². The van der Waals surface area contributed by atoms with E-state index in [-0.39, 0.29) is 0 Å². The molecule has 1 aromatic heterocycles. The number of ether oxygens (including phenoxy) is 2. The summed E-state index contributed by atoms with van der Waals surface area (Å²) in [4.78, 5) is 18.8. The average Bonchev–Trinajstić information content (AvgIpc) is 2.16. The van der Waals surface area contributed by atoms with E-state index in [1.165, 1.54) is 13.4 Å². The minimum absolute atomic E-state index is 0.371. The van der Waals surface area contributed by atoms with Gasteiger partial charge in [-0.25, -0.2) is 14.8 Å². The maximum Gasteiger partial charge on any atom is 0.346 e. The molecule has 76 valence electrons. The molecule has 1 rings (SSSR count). The second-order valence-electron chi connectivity index (χ2n) is 2.78. The first-order valence-corrected chi connectivity index (χ1v) is 4.16. The fraction of sp³-hybridized carbons (Fsp3) is 0.444. The lowest BCUT2D eigenvalue weighted by molar-refractivity contribution is -0.148. The molecular weight excluding hydrogens is 184 g/mol. The summed E-state index contributed by atoms with van der Waals surface area (Å²) in [7, 11) is 1.31. The van der Waals surface area contributed by atoms with Crippen LogP contribution in [0, 0.1) is 6.92 Å². The summed E-state index contributed by atoms with van der Waals surface area (Å²) in [5.74, 6) is -0.0586. The largest absolute Gasteiger partial charge is 0.466 e. The van der Waals surface area contributed by atoms with Crippen LogP contribution in [0.1, 0.15) is 12.6 Å². The van der Waals surface area contributed by atoms with Crippen molar-refractivity contribution >= 4 is 5.97 Å². The van der Waals surface area contributed by atoms with Gasteiger partial charge >= 0.3 is 5.97 Å². The molecule has 0 aliphatic carbocycles. The quantitative estimate of drug-likeness (QED) is 0.667. The van der Waals surface area contributed by atoms with Crippen LogP contribution in [-0.4, -0.2) is 29.2 Å². The Morgan fingerprint density at radius 3 is 2.79 bits per heavy atom. The average molecular weight is 196 g/mol. The predicted octanol–water partition coefficient (Wildman–Crippen LogP) is 0.725. The van der Waals surface area contributed by atoms with Gasteiger partial charge in [0.2, 0.25) is 5.88 Å². The molecule has 1 atom stereocenters. The molecular formula is C9H12N2O3. The Morgan fingerprint density at radius 1 is 1.50 bits per heavy atom. The van der Waals surface area contributed by atoms with E-state index in [1.807, 2.05) is 6.92 Å². The van der Waals surface area contributed by atoms with E-state index < -0.39 is 12.1 Å². The van der Waals surface area contributed by atoms with Crippen molar-refractivity contribution in [2.75, 3.05) is 7.11 Å². The number of methoxy groups -OCH3 is 1. The third kappa shape index (κ3) is 2.69. The highest BCUT2D eigenvalue weighted by molar-refractivity contribution is 5.74. The highest BCUT2D eigenvalue weighted by Crippen LogP contribution is 2.08. The normalized spacial score (nSPS) is 11.9. The van der Waals surface area contributed by atoms with Crippen molar-refractivity contribution < 1.29 is 14.3 Å². The predicted molar refractivity (Wildman–Crippen MR) is 48.9 cm³/mol. The molecule has 0 saturated carbocycles. The van der Waals surface area contributed by atoms with Crippen molar-refractivity contribution in [2.24, 2.45) is 0 Å². The fourth-order valence-corrected chi connectivity index (χ4v) is 0.890. The van der Waals surface area contributed by atoms with Crippen molar-refractivity contribution in [3.63, 3.8) is 0 Å². The lowest BCUT2D eigenvalue weighted by Gasteiger charge is -2.10. The number of nitrogens with zero attached hydrogens (tertiary/aromatic N) is 2. The third-order valence-corrected chi connectivity index (χ3v) is 1.61. The molecule has 5 nitrogen and oxygen atoms in total. The zero-order valence-corrected chi connectivity index (χ0v) is 8.35. The highest BCUT2D eigenvalue weighted by Gasteiger charge is 2.15. The van der Waals surface area contributed by atoms with Gasteiger partial charge in [-0.2, -0.15) is 0 Å². The monoisotopic (exact) mass is 196 g/mol. The maximum atomic E-state index is 11.0. The second kappa shape index (κ2) is 4.55. The van der Waals surface area contributed by atoms with Crippen LogP contribution in [0.4, 0.5) is 0 Å². The van der Waals surface area contributed by atoms with Crippen LogP contribution in [0.5, 0.6) is 5.88 Å². The molecule has 0 N–H and O–H groups in total. The summed E-state index contributed by atoms with van der Waals surface area (Å²) in [6.45, 7) is 3.42. The summed E-state index contributed by atoms with van der Waals surface area (Å²) < 4.78 is 9.73. The van der Waals surface area contributed by atoms with E-state index in [9.17, 15) is 4.79 Å². The van der Waals surface area contributed by atoms with Gasteiger partial charge in [-0.15, -0.1) is 0 Å². The molecule has 0 saturated heterocycles. The summed E-state index contributed by atoms with van der Waals surface area (Å²) in [6, 6.07) is 1.65. The number of esters is 1. The molecule has 0 fully saturated rings. The van der Waals surface area contributed by atoms with E-state index in [2.05, 4.69) is 14.7 Å². The Balaban J connectivity index is 2.64. The molecule has 14 heavy (non-hydrogen) atoms. The first-order valence-electron chi connectivity index (χ1n) is 4.16. The standard InChI is InChI=1S/C9H12N2O3/c1-6-4-8(11-5-10-6)14-7(2)9(12)13-3/h4-5,7H,1-3H3. The molecule has 0 radical (unpaired) electrons. The summed E-state index contributed by atoms with van der Waals surface area (Å²) in [5.41, 5.74) is 0.784. The maximum absolute atomic E-state index is 11.0. The molecule has 1 unspecified atom stereocenters. The molecule has 0 bridgehead atoms. The van der Waals surface area contributed by atoms with E-state index in [0.717, 1.165) is 5.69 Å². The summed E-state index contributed by atoms with van der Waals surface area (Å²) >= 11 is 0. The van der Waals surface area contributed by atoms with Gasteiger partial charge in [0.25, 0.3) is 0 Å². The van der Waals surface area contributed by atoms with Gasteiger partial charge in [0.05, 0.1) is 7.11 Å². The van der Waals surface area contributed by atoms with Gasteiger partial charge in [-0.1, -0.05) is 0 Å². The molecule has 0 aliphatic heterocycles. The van der Waals surface area contributed by atoms with Crippen molar-refractivity contribution in [2.45, 2.75) is 20.0 Å². The summed E-state index contributed by atoms with van der Waals surface area (Å²) in [6.07, 6.45) is 0.726. The molecule has 0 amide bonds. The van der Waals surface area contributed by atoms with Crippen molar-refractivity contribution in [1.29, 1.82) is 0 Å². The number of aryl methyl sites for hydroxylation is 1. The van der Waals surface area contributed by atoms with Crippen molar-refractivity contribution in [3.05, 3.63) is 18.1 Å². The van der Waals surface area contributed by atoms with Crippen LogP contribution in [0.3, 0.4) is 0 Å². The zero-order chi connectivity index (χ0) is 10.6. The van der Waals surface area contributed by atoms with E-state index in [0.29, 0.717) is 5.88 Å². The molecule has 1 heterocycles. The first kappa shape index (κ1) is 10.4. The van der Waals surface area contributed by atoms with Crippen molar-refractivity contribution in [3.8, 4) is 5.88 Å². The van der Waals surface area contributed by atoms with Crippen molar-refractivity contribution in [1.82, 2.24) is 9.97 Å². The zero-order valence-electron chi connectivity index (χ0n) is 8.35. The Labute approximate surface area is 82.1 Å². The van der Waals surface area contributed by atoms with Crippen LogP contribution >= 0.6 is 0 Å². The first-order chi connectivity index (χ1) is 6.63.